The predicted octanol–water partition coefficient (Wildman–Crippen LogP) is 12.6. The molecule has 1 heteroatoms. The molecule has 0 fully saturated rings. The van der Waals surface area contributed by atoms with Crippen molar-refractivity contribution in [2.45, 2.75) is 0 Å². The maximum atomic E-state index is 9.55. The van der Waals surface area contributed by atoms with Crippen molar-refractivity contribution in [3.63, 3.8) is 0 Å². The minimum Gasteiger partial charge on any atom is -0.456 e. The topological polar surface area (TPSA) is 13.1 Å². The van der Waals surface area contributed by atoms with Gasteiger partial charge in [0.1, 0.15) is 11.2 Å². The van der Waals surface area contributed by atoms with Gasteiger partial charge in [0, 0.05) is 10.8 Å². The van der Waals surface area contributed by atoms with Gasteiger partial charge in [0.15, 0.2) is 0 Å². The van der Waals surface area contributed by atoms with Gasteiger partial charge < -0.3 is 4.42 Å². The zero-order valence-corrected chi connectivity index (χ0v) is 23.6. The van der Waals surface area contributed by atoms with Crippen LogP contribution in [-0.2, 0) is 0 Å². The van der Waals surface area contributed by atoms with Crippen molar-refractivity contribution in [2.75, 3.05) is 0 Å². The van der Waals surface area contributed by atoms with Crippen LogP contribution in [0.3, 0.4) is 0 Å². The zero-order chi connectivity index (χ0) is 40.2. The first-order valence-electron chi connectivity index (χ1n) is 20.5. The summed E-state index contributed by atoms with van der Waals surface area (Å²) in [5, 5.41) is 0.943. The van der Waals surface area contributed by atoms with E-state index < -0.39 is 72.5 Å². The summed E-state index contributed by atoms with van der Waals surface area (Å²) in [6.45, 7) is 0. The first-order chi connectivity index (χ1) is 27.3. The van der Waals surface area contributed by atoms with Gasteiger partial charge in [-0.25, -0.2) is 0 Å². The summed E-state index contributed by atoms with van der Waals surface area (Å²) in [5.41, 5.74) is 2.95. The van der Waals surface area contributed by atoms with Crippen LogP contribution in [0.4, 0.5) is 0 Å². The van der Waals surface area contributed by atoms with Crippen LogP contribution in [-0.4, -0.2) is 0 Å². The standard InChI is InChI=1S/C44H28O/c1-3-15-29(16-4-1)31-19-7-8-21-33(31)43-34-22-9-11-24-36(34)44(37-25-12-10-23-35(37)43)40-27-39-32-20-13-14-26-41(32)45-42(39)28-38(40)30-17-5-2-6-18-30/h1-28H/i7D,8D,9D,10D,11D,12D,19D,21D,22D,23D,24D,25D. The summed E-state index contributed by atoms with van der Waals surface area (Å²) < 4.78 is 116. The number of hydrogen-bond acceptors (Lipinski definition) is 1. The quantitative estimate of drug-likeness (QED) is 0.188. The Balaban J connectivity index is 1.63. The molecular weight excluding hydrogens is 544 g/mol. The highest BCUT2D eigenvalue weighted by Crippen LogP contribution is 2.49. The van der Waals surface area contributed by atoms with E-state index in [-0.39, 0.29) is 43.8 Å². The minimum absolute atomic E-state index is 0.00744. The van der Waals surface area contributed by atoms with Gasteiger partial charge in [0.05, 0.1) is 16.4 Å². The lowest BCUT2D eigenvalue weighted by molar-refractivity contribution is 0.669. The highest BCUT2D eigenvalue weighted by atomic mass is 16.3. The second-order valence-electron chi connectivity index (χ2n) is 10.7. The van der Waals surface area contributed by atoms with Gasteiger partial charge in [0.25, 0.3) is 0 Å². The van der Waals surface area contributed by atoms with Crippen LogP contribution in [0, 0.1) is 0 Å². The largest absolute Gasteiger partial charge is 0.456 e. The molecule has 0 saturated heterocycles. The molecule has 0 radical (unpaired) electrons. The number of para-hydroxylation sites is 1. The van der Waals surface area contributed by atoms with Gasteiger partial charge >= 0.3 is 0 Å². The van der Waals surface area contributed by atoms with Crippen molar-refractivity contribution in [1.29, 1.82) is 0 Å². The van der Waals surface area contributed by atoms with Crippen LogP contribution >= 0.6 is 0 Å². The third kappa shape index (κ3) is 4.09. The number of hydrogen-bond donors (Lipinski definition) is 0. The van der Waals surface area contributed by atoms with Crippen LogP contribution in [0.15, 0.2) is 174 Å². The maximum Gasteiger partial charge on any atom is 0.136 e. The Bertz CT molecular complexity index is 3110. The molecule has 0 bridgehead atoms. The molecule has 1 heterocycles. The van der Waals surface area contributed by atoms with E-state index in [0.717, 1.165) is 5.39 Å². The number of benzene rings is 8. The number of fused-ring (bicyclic) bond motifs is 5. The minimum atomic E-state index is -0.624. The Hall–Kier alpha value is -5.92. The Morgan fingerprint density at radius 3 is 1.47 bits per heavy atom. The zero-order valence-electron chi connectivity index (χ0n) is 35.6. The van der Waals surface area contributed by atoms with E-state index >= 15 is 0 Å². The molecule has 8 aromatic carbocycles. The highest BCUT2D eigenvalue weighted by molar-refractivity contribution is 6.24. The van der Waals surface area contributed by atoms with Crippen LogP contribution < -0.4 is 0 Å². The molecule has 0 aliphatic carbocycles. The molecule has 0 aliphatic heterocycles. The van der Waals surface area contributed by atoms with Crippen molar-refractivity contribution in [3.05, 3.63) is 170 Å². The molecule has 0 saturated carbocycles. The van der Waals surface area contributed by atoms with Crippen LogP contribution in [0.25, 0.3) is 88.0 Å². The lowest BCUT2D eigenvalue weighted by atomic mass is 9.82. The van der Waals surface area contributed by atoms with E-state index in [4.69, 9.17) is 14.0 Å². The number of rotatable bonds is 4. The molecule has 9 rings (SSSR count). The molecule has 0 N–H and O–H groups in total. The Kier molecular flexibility index (Phi) is 3.74. The van der Waals surface area contributed by atoms with Crippen LogP contribution in [0.2, 0.25) is 0 Å². The first kappa shape index (κ1) is 16.2. The summed E-state index contributed by atoms with van der Waals surface area (Å²) >= 11 is 0. The van der Waals surface area contributed by atoms with E-state index in [0.29, 0.717) is 38.8 Å². The second-order valence-corrected chi connectivity index (χ2v) is 10.7. The fraction of sp³-hybridized carbons (Fsp3) is 0. The summed E-state index contributed by atoms with van der Waals surface area (Å²) in [5.74, 6) is 0. The van der Waals surface area contributed by atoms with Crippen molar-refractivity contribution in [1.82, 2.24) is 0 Å². The van der Waals surface area contributed by atoms with E-state index in [2.05, 4.69) is 0 Å². The molecule has 45 heavy (non-hydrogen) atoms. The van der Waals surface area contributed by atoms with Gasteiger partial charge in [-0.3, -0.25) is 0 Å². The molecule has 9 aromatic rings. The molecule has 210 valence electrons. The van der Waals surface area contributed by atoms with Crippen molar-refractivity contribution in [3.8, 4) is 44.5 Å². The smallest absolute Gasteiger partial charge is 0.136 e. The molecule has 1 aromatic heterocycles. The number of furan rings is 1. The SMILES string of the molecule is [2H]c1c([2H])c([2H])c(-c2c3c([2H])c([2H])c([2H])c([2H])c3c(-c3cc4c(cc3-c3ccccc3)oc3ccccc34)c3c([2H])c([2H])c([2H])c([2H])c23)c(-c2ccccc2)c1[2H]. The van der Waals surface area contributed by atoms with Crippen LogP contribution in [0.5, 0.6) is 0 Å². The Morgan fingerprint density at radius 2 is 0.844 bits per heavy atom. The van der Waals surface area contributed by atoms with E-state index in [1.165, 1.54) is 0 Å². The summed E-state index contributed by atoms with van der Waals surface area (Å²) in [6.07, 6.45) is 0. The van der Waals surface area contributed by atoms with Crippen molar-refractivity contribution in [2.24, 2.45) is 0 Å². The fourth-order valence-corrected chi connectivity index (χ4v) is 6.30. The fourth-order valence-electron chi connectivity index (χ4n) is 6.30. The van der Waals surface area contributed by atoms with Crippen LogP contribution in [0.1, 0.15) is 16.4 Å². The van der Waals surface area contributed by atoms with E-state index in [9.17, 15) is 6.85 Å². The molecule has 0 unspecified atom stereocenters. The average Bonchev–Trinajstić information content (AvgIpc) is 3.60. The summed E-state index contributed by atoms with van der Waals surface area (Å²) in [6, 6.07) is 22.1. The maximum absolute atomic E-state index is 9.55. The summed E-state index contributed by atoms with van der Waals surface area (Å²) in [4.78, 5) is 0. The van der Waals surface area contributed by atoms with Gasteiger partial charge in [-0.15, -0.1) is 0 Å². The monoisotopic (exact) mass is 584 g/mol. The molecule has 0 spiro atoms. The molecule has 1 nitrogen and oxygen atoms in total. The van der Waals surface area contributed by atoms with Gasteiger partial charge in [-0.1, -0.05) is 151 Å². The van der Waals surface area contributed by atoms with Gasteiger partial charge in [-0.05, 0) is 84.3 Å². The normalized spacial score (nSPS) is 15.3. The van der Waals surface area contributed by atoms with Gasteiger partial charge in [-0.2, -0.15) is 0 Å². The van der Waals surface area contributed by atoms with Gasteiger partial charge in [0.2, 0.25) is 0 Å². The average molecular weight is 585 g/mol. The Morgan fingerprint density at radius 1 is 0.356 bits per heavy atom. The third-order valence-corrected chi connectivity index (χ3v) is 8.25. The van der Waals surface area contributed by atoms with Crippen molar-refractivity contribution >= 4 is 43.5 Å². The van der Waals surface area contributed by atoms with E-state index in [1.807, 2.05) is 66.7 Å². The molecule has 0 amide bonds. The lowest BCUT2D eigenvalue weighted by Gasteiger charge is -2.21. The predicted molar refractivity (Wildman–Crippen MR) is 190 cm³/mol. The molecule has 0 atom stereocenters. The molecule has 0 aliphatic rings. The lowest BCUT2D eigenvalue weighted by Crippen LogP contribution is -1.94. The van der Waals surface area contributed by atoms with Crippen molar-refractivity contribution < 1.29 is 20.9 Å². The third-order valence-electron chi connectivity index (χ3n) is 8.25. The highest BCUT2D eigenvalue weighted by Gasteiger charge is 2.22. The second kappa shape index (κ2) is 10.4. The van der Waals surface area contributed by atoms with E-state index in [1.54, 1.807) is 30.3 Å². The molecular formula is C44H28O. The summed E-state index contributed by atoms with van der Waals surface area (Å²) in [7, 11) is 0. The first-order valence-corrected chi connectivity index (χ1v) is 14.5. The Labute approximate surface area is 278 Å².